The Balaban J connectivity index is 1.12. The lowest BCUT2D eigenvalue weighted by molar-refractivity contribution is 1.08. The Morgan fingerprint density at radius 1 is 0.455 bits per heavy atom. The molecule has 0 aromatic heterocycles. The largest absolute Gasteiger partial charge is 0.160 e. The maximum Gasteiger partial charge on any atom is 0.0232 e. The van der Waals surface area contributed by atoms with E-state index in [1.165, 1.54) is 92.0 Å². The third kappa shape index (κ3) is 16.5. The second kappa shape index (κ2) is 18.2. The van der Waals surface area contributed by atoms with E-state index < -0.39 is 0 Å². The van der Waals surface area contributed by atoms with Crippen LogP contribution in [0.15, 0.2) is 0 Å². The van der Waals surface area contributed by atoms with Crippen LogP contribution in [0.4, 0.5) is 0 Å². The van der Waals surface area contributed by atoms with Gasteiger partial charge < -0.3 is 0 Å². The van der Waals surface area contributed by atoms with E-state index in [1.54, 1.807) is 0 Å². The average Bonchev–Trinajstić information content (AvgIpc) is 3.62. The van der Waals surface area contributed by atoms with E-state index in [1.807, 2.05) is 0 Å². The van der Waals surface area contributed by atoms with Gasteiger partial charge in [-0.05, 0) is 0 Å². The van der Waals surface area contributed by atoms with Crippen LogP contribution in [0.25, 0.3) is 0 Å². The van der Waals surface area contributed by atoms with Gasteiger partial charge >= 0.3 is 0 Å². The van der Waals surface area contributed by atoms with Crippen molar-refractivity contribution in [1.29, 1.82) is 0 Å². The van der Waals surface area contributed by atoms with Gasteiger partial charge in [0.05, 0.1) is 0 Å². The fraction of sp³-hybridized carbons (Fsp3) is 1.00. The molecule has 4 saturated heterocycles. The molecule has 4 fully saturated rings. The predicted octanol–water partition coefficient (Wildman–Crippen LogP) is 7.32. The highest BCUT2D eigenvalue weighted by atomic mass is 32.2. The fourth-order valence-electron chi connectivity index (χ4n) is 2.94. The first-order chi connectivity index (χ1) is 16.3. The summed E-state index contributed by atoms with van der Waals surface area (Å²) in [5.74, 6) is 22.2. The average molecular weight is 655 g/mol. The van der Waals surface area contributed by atoms with E-state index in [9.17, 15) is 0 Å². The Kier molecular flexibility index (Phi) is 16.5. The summed E-state index contributed by atoms with van der Waals surface area (Å²) in [7, 11) is 0. The summed E-state index contributed by atoms with van der Waals surface area (Å²) in [5, 5.41) is 5.64. The minimum Gasteiger partial charge on any atom is -0.160 e. The molecule has 11 heteroatoms. The molecular formula is C22H38S11. The Hall–Kier alpha value is 3.85. The molecule has 0 nitrogen and oxygen atoms in total. The molecule has 4 rings (SSSR count). The normalized spacial score (nSPS) is 29.1. The molecule has 6 unspecified atom stereocenters. The van der Waals surface area contributed by atoms with Gasteiger partial charge in [0.2, 0.25) is 0 Å². The molecule has 33 heavy (non-hydrogen) atoms. The molecule has 4 aliphatic rings. The van der Waals surface area contributed by atoms with Crippen LogP contribution in [-0.4, -0.2) is 124 Å². The summed E-state index contributed by atoms with van der Waals surface area (Å²) >= 11 is 24.4. The Morgan fingerprint density at radius 2 is 0.758 bits per heavy atom. The van der Waals surface area contributed by atoms with Crippen molar-refractivity contribution in [2.24, 2.45) is 0 Å². The first kappa shape index (κ1) is 29.8. The van der Waals surface area contributed by atoms with Crippen molar-refractivity contribution in [3.63, 3.8) is 0 Å². The van der Waals surface area contributed by atoms with E-state index in [2.05, 4.69) is 129 Å². The molecule has 0 aromatic carbocycles. The fourth-order valence-corrected chi connectivity index (χ4v) is 16.4. The molecule has 0 aliphatic carbocycles. The van der Waals surface area contributed by atoms with Gasteiger partial charge in [-0.15, -0.1) is 0 Å². The van der Waals surface area contributed by atoms with Crippen molar-refractivity contribution in [3.8, 4) is 0 Å². The lowest BCUT2D eigenvalue weighted by Crippen LogP contribution is -2.21. The van der Waals surface area contributed by atoms with Gasteiger partial charge in [0.25, 0.3) is 0 Å². The minimum absolute atomic E-state index is 0.843. The molecule has 0 amide bonds. The summed E-state index contributed by atoms with van der Waals surface area (Å²) in [6.45, 7) is 0. The van der Waals surface area contributed by atoms with Gasteiger partial charge in [0, 0.05) is 124 Å². The summed E-state index contributed by atoms with van der Waals surface area (Å²) < 4.78 is 0. The lowest BCUT2D eigenvalue weighted by atomic mass is 10.5. The van der Waals surface area contributed by atoms with Crippen molar-refractivity contribution in [2.45, 2.75) is 31.5 Å². The molecule has 4 heterocycles. The molecule has 6 atom stereocenters. The van der Waals surface area contributed by atoms with E-state index in [4.69, 9.17) is 0 Å². The highest BCUT2D eigenvalue weighted by molar-refractivity contribution is 8.11. The zero-order chi connectivity index (χ0) is 22.6. The first-order valence-corrected chi connectivity index (χ1v) is 24.0. The Labute approximate surface area is 250 Å². The summed E-state index contributed by atoms with van der Waals surface area (Å²) in [5.41, 5.74) is 0. The summed E-state index contributed by atoms with van der Waals surface area (Å²) in [6, 6.07) is 0. The second-order valence-corrected chi connectivity index (χ2v) is 22.3. The number of thioether (sulfide) groups is 11. The molecule has 4 aliphatic heterocycles. The van der Waals surface area contributed by atoms with E-state index in [0.717, 1.165) is 31.5 Å². The highest BCUT2D eigenvalue weighted by Crippen LogP contribution is 2.37. The molecule has 192 valence electrons. The lowest BCUT2D eigenvalue weighted by Gasteiger charge is -2.23. The van der Waals surface area contributed by atoms with Gasteiger partial charge in [-0.3, -0.25) is 0 Å². The van der Waals surface area contributed by atoms with Crippen LogP contribution >= 0.6 is 129 Å². The third-order valence-corrected chi connectivity index (χ3v) is 19.8. The van der Waals surface area contributed by atoms with Crippen LogP contribution < -0.4 is 0 Å². The van der Waals surface area contributed by atoms with Crippen LogP contribution in [0.5, 0.6) is 0 Å². The Morgan fingerprint density at radius 3 is 1.12 bits per heavy atom. The molecule has 0 aromatic rings. The van der Waals surface area contributed by atoms with Crippen LogP contribution in [0, 0.1) is 0 Å². The van der Waals surface area contributed by atoms with Gasteiger partial charge in [-0.1, -0.05) is 0 Å². The van der Waals surface area contributed by atoms with Gasteiger partial charge in [0.1, 0.15) is 0 Å². The van der Waals surface area contributed by atoms with Crippen molar-refractivity contribution >= 4 is 129 Å². The van der Waals surface area contributed by atoms with Crippen LogP contribution in [0.3, 0.4) is 0 Å². The van der Waals surface area contributed by atoms with Gasteiger partial charge in [-0.25, -0.2) is 0 Å². The quantitative estimate of drug-likeness (QED) is 0.0760. The predicted molar refractivity (Wildman–Crippen MR) is 184 cm³/mol. The molecule has 0 radical (unpaired) electrons. The van der Waals surface area contributed by atoms with Crippen LogP contribution in [-0.2, 0) is 0 Å². The molecule has 0 spiro atoms. The maximum atomic E-state index is 2.37. The smallest absolute Gasteiger partial charge is 0.0232 e. The summed E-state index contributed by atoms with van der Waals surface area (Å²) in [4.78, 5) is 0. The van der Waals surface area contributed by atoms with E-state index in [0.29, 0.717) is 0 Å². The van der Waals surface area contributed by atoms with Crippen molar-refractivity contribution in [3.05, 3.63) is 0 Å². The molecule has 0 N–H and O–H groups in total. The van der Waals surface area contributed by atoms with Crippen LogP contribution in [0.2, 0.25) is 0 Å². The molecule has 0 saturated carbocycles. The topological polar surface area (TPSA) is 0 Å². The number of rotatable bonds is 24. The summed E-state index contributed by atoms with van der Waals surface area (Å²) in [6.07, 6.45) is 0. The zero-order valence-corrected chi connectivity index (χ0v) is 28.3. The van der Waals surface area contributed by atoms with E-state index >= 15 is 0 Å². The van der Waals surface area contributed by atoms with Crippen LogP contribution in [0.1, 0.15) is 0 Å². The van der Waals surface area contributed by atoms with Crippen molar-refractivity contribution in [2.75, 3.05) is 92.0 Å². The zero-order valence-electron chi connectivity index (χ0n) is 19.3. The maximum absolute atomic E-state index is 2.37. The van der Waals surface area contributed by atoms with Crippen molar-refractivity contribution in [1.82, 2.24) is 0 Å². The number of hydrogen-bond acceptors (Lipinski definition) is 11. The SMILES string of the molecule is C(CSCC(CSCC1CS1)SC(CSCCSCC1CS1)CSCC1CS1)SCC1CS1. The number of hydrogen-bond donors (Lipinski definition) is 0. The minimum atomic E-state index is 0.843. The first-order valence-electron chi connectivity index (χ1n) is 11.9. The monoisotopic (exact) mass is 654 g/mol. The van der Waals surface area contributed by atoms with Crippen molar-refractivity contribution < 1.29 is 0 Å². The second-order valence-electron chi connectivity index (χ2n) is 8.58. The van der Waals surface area contributed by atoms with Gasteiger partial charge in [-0.2, -0.15) is 129 Å². The standard InChI is InChI=1S/C22H38S11/c1(23-5-17-13-29-17)3-25-9-21(11-27-7-19-15-31-19)33-22(12-28-8-20-16-32-20)10-26-4-2-24-6-18-14-30-18/h17-22H,1-16H2. The van der Waals surface area contributed by atoms with E-state index in [-0.39, 0.29) is 0 Å². The van der Waals surface area contributed by atoms with Gasteiger partial charge in [0.15, 0.2) is 0 Å². The molecular weight excluding hydrogens is 617 g/mol. The molecule has 0 bridgehead atoms. The third-order valence-electron chi connectivity index (χ3n) is 5.17. The highest BCUT2D eigenvalue weighted by Gasteiger charge is 2.26. The Bertz CT molecular complexity index is 465.